The molecule has 22 heavy (non-hydrogen) atoms. The molecule has 0 unspecified atom stereocenters. The number of aromatic nitrogens is 3. The van der Waals surface area contributed by atoms with Gasteiger partial charge in [-0.2, -0.15) is 5.10 Å². The van der Waals surface area contributed by atoms with Gasteiger partial charge in [-0.05, 0) is 30.4 Å². The number of hydrogen-bond donors (Lipinski definition) is 1. The maximum Gasteiger partial charge on any atom is 0.277 e. The summed E-state index contributed by atoms with van der Waals surface area (Å²) in [6.07, 6.45) is 5.38. The molecule has 0 bridgehead atoms. The first-order valence-corrected chi connectivity index (χ1v) is 8.01. The molecule has 4 rings (SSSR count). The molecule has 3 aromatic heterocycles. The van der Waals surface area contributed by atoms with Crippen molar-refractivity contribution in [3.05, 3.63) is 46.3 Å². The molecule has 0 radical (unpaired) electrons. The van der Waals surface area contributed by atoms with Crippen LogP contribution >= 0.6 is 11.3 Å². The van der Waals surface area contributed by atoms with Crippen LogP contribution in [0, 0.1) is 0 Å². The number of carbonyl (C=O) groups excluding carboxylic acids is 1. The SMILES string of the molecule is O=C(Cn1ccn2nc(-c3cccs3)cc2c1=O)NC1CC1. The first-order chi connectivity index (χ1) is 10.7. The van der Waals surface area contributed by atoms with Gasteiger partial charge in [-0.25, -0.2) is 4.52 Å². The Kier molecular flexibility index (Phi) is 3.07. The number of hydrogen-bond acceptors (Lipinski definition) is 4. The van der Waals surface area contributed by atoms with Gasteiger partial charge in [0.05, 0.1) is 4.88 Å². The highest BCUT2D eigenvalue weighted by Crippen LogP contribution is 2.23. The Labute approximate surface area is 130 Å². The van der Waals surface area contributed by atoms with Gasteiger partial charge in [0.1, 0.15) is 17.8 Å². The maximum absolute atomic E-state index is 12.5. The summed E-state index contributed by atoms with van der Waals surface area (Å²) in [6, 6.07) is 5.98. The molecular formula is C15H14N4O2S. The van der Waals surface area contributed by atoms with E-state index in [9.17, 15) is 9.59 Å². The van der Waals surface area contributed by atoms with Crippen LogP contribution in [0.25, 0.3) is 16.1 Å². The quantitative estimate of drug-likeness (QED) is 0.793. The topological polar surface area (TPSA) is 68.4 Å². The first-order valence-electron chi connectivity index (χ1n) is 7.13. The summed E-state index contributed by atoms with van der Waals surface area (Å²) in [7, 11) is 0. The van der Waals surface area contributed by atoms with E-state index in [2.05, 4.69) is 10.4 Å². The standard InChI is InChI=1S/C15H14N4O2S/c20-14(16-10-3-4-10)9-18-5-6-19-12(15(18)21)8-11(17-19)13-2-1-7-22-13/h1-2,5-8,10H,3-4,9H2,(H,16,20). The molecule has 112 valence electrons. The minimum atomic E-state index is -0.205. The molecule has 7 heteroatoms. The van der Waals surface area contributed by atoms with Crippen LogP contribution in [0.5, 0.6) is 0 Å². The molecule has 6 nitrogen and oxygen atoms in total. The summed E-state index contributed by atoms with van der Waals surface area (Å²) < 4.78 is 2.99. The van der Waals surface area contributed by atoms with E-state index in [1.165, 1.54) is 4.57 Å². The number of carbonyl (C=O) groups is 1. The molecule has 1 amide bonds. The smallest absolute Gasteiger partial charge is 0.277 e. The monoisotopic (exact) mass is 314 g/mol. The Bertz CT molecular complexity index is 890. The Balaban J connectivity index is 1.67. The third kappa shape index (κ3) is 2.43. The van der Waals surface area contributed by atoms with Gasteiger partial charge in [0.2, 0.25) is 5.91 Å². The zero-order valence-electron chi connectivity index (χ0n) is 11.7. The summed E-state index contributed by atoms with van der Waals surface area (Å²) >= 11 is 1.58. The molecule has 0 atom stereocenters. The predicted octanol–water partition coefficient (Wildman–Crippen LogP) is 1.50. The molecule has 1 fully saturated rings. The van der Waals surface area contributed by atoms with E-state index >= 15 is 0 Å². The Morgan fingerprint density at radius 1 is 1.41 bits per heavy atom. The van der Waals surface area contributed by atoms with Crippen LogP contribution < -0.4 is 10.9 Å². The van der Waals surface area contributed by atoms with Crippen molar-refractivity contribution in [3.63, 3.8) is 0 Å². The lowest BCUT2D eigenvalue weighted by molar-refractivity contribution is -0.121. The van der Waals surface area contributed by atoms with Gasteiger partial charge in [-0.15, -0.1) is 11.3 Å². The summed E-state index contributed by atoms with van der Waals surface area (Å²) in [5.74, 6) is -0.119. The lowest BCUT2D eigenvalue weighted by atomic mass is 10.3. The summed E-state index contributed by atoms with van der Waals surface area (Å²) in [6.45, 7) is 0.0470. The largest absolute Gasteiger partial charge is 0.352 e. The third-order valence-corrected chi connectivity index (χ3v) is 4.53. The minimum Gasteiger partial charge on any atom is -0.352 e. The molecule has 0 aliphatic heterocycles. The average molecular weight is 314 g/mol. The number of fused-ring (bicyclic) bond motifs is 1. The van der Waals surface area contributed by atoms with Crippen molar-refractivity contribution in [3.8, 4) is 10.6 Å². The number of rotatable bonds is 4. The Hall–Kier alpha value is -2.41. The number of nitrogens with one attached hydrogen (secondary N) is 1. The number of amides is 1. The van der Waals surface area contributed by atoms with Crippen molar-refractivity contribution in [2.75, 3.05) is 0 Å². The molecule has 0 saturated heterocycles. The first kappa shape index (κ1) is 13.3. The molecule has 1 aliphatic carbocycles. The normalized spacial score (nSPS) is 14.4. The van der Waals surface area contributed by atoms with Gasteiger partial charge in [-0.3, -0.25) is 9.59 Å². The van der Waals surface area contributed by atoms with Crippen LogP contribution in [0.15, 0.2) is 40.8 Å². The van der Waals surface area contributed by atoms with E-state index < -0.39 is 0 Å². The molecule has 1 N–H and O–H groups in total. The second-order valence-electron chi connectivity index (χ2n) is 5.41. The fraction of sp³-hybridized carbons (Fsp3) is 0.267. The molecule has 0 spiro atoms. The number of thiophene rings is 1. The summed E-state index contributed by atoms with van der Waals surface area (Å²) in [5, 5.41) is 9.27. The van der Waals surface area contributed by atoms with Crippen molar-refractivity contribution in [2.45, 2.75) is 25.4 Å². The van der Waals surface area contributed by atoms with Gasteiger partial charge in [0.25, 0.3) is 5.56 Å². The maximum atomic E-state index is 12.5. The molecule has 0 aromatic carbocycles. The van der Waals surface area contributed by atoms with Gasteiger partial charge in [-0.1, -0.05) is 6.07 Å². The van der Waals surface area contributed by atoms with E-state index in [1.807, 2.05) is 17.5 Å². The van der Waals surface area contributed by atoms with Gasteiger partial charge >= 0.3 is 0 Å². The molecule has 1 aliphatic rings. The second kappa shape index (κ2) is 5.10. The molecular weight excluding hydrogens is 300 g/mol. The molecule has 3 aromatic rings. The van der Waals surface area contributed by atoms with Crippen molar-refractivity contribution in [1.29, 1.82) is 0 Å². The number of nitrogens with zero attached hydrogens (tertiary/aromatic N) is 3. The van der Waals surface area contributed by atoms with Crippen molar-refractivity contribution >= 4 is 22.8 Å². The fourth-order valence-corrected chi connectivity index (χ4v) is 3.03. The van der Waals surface area contributed by atoms with Crippen molar-refractivity contribution < 1.29 is 4.79 Å². The van der Waals surface area contributed by atoms with E-state index in [-0.39, 0.29) is 18.0 Å². The van der Waals surface area contributed by atoms with Gasteiger partial charge in [0.15, 0.2) is 0 Å². The highest BCUT2D eigenvalue weighted by Gasteiger charge is 2.23. The summed E-state index contributed by atoms with van der Waals surface area (Å²) in [4.78, 5) is 25.3. The van der Waals surface area contributed by atoms with Crippen LogP contribution in [-0.2, 0) is 11.3 Å². The highest BCUT2D eigenvalue weighted by molar-refractivity contribution is 7.13. The Morgan fingerprint density at radius 3 is 3.00 bits per heavy atom. The second-order valence-corrected chi connectivity index (χ2v) is 6.36. The average Bonchev–Trinajstić information content (AvgIpc) is 3.02. The Morgan fingerprint density at radius 2 is 2.27 bits per heavy atom. The van der Waals surface area contributed by atoms with E-state index in [0.29, 0.717) is 11.6 Å². The van der Waals surface area contributed by atoms with Crippen LogP contribution in [0.4, 0.5) is 0 Å². The lowest BCUT2D eigenvalue weighted by Crippen LogP contribution is -2.33. The third-order valence-electron chi connectivity index (χ3n) is 3.63. The van der Waals surface area contributed by atoms with Crippen LogP contribution in [-0.4, -0.2) is 26.1 Å². The van der Waals surface area contributed by atoms with Crippen molar-refractivity contribution in [2.24, 2.45) is 0 Å². The fourth-order valence-electron chi connectivity index (χ4n) is 2.35. The van der Waals surface area contributed by atoms with Crippen LogP contribution in [0.3, 0.4) is 0 Å². The lowest BCUT2D eigenvalue weighted by Gasteiger charge is -2.06. The van der Waals surface area contributed by atoms with E-state index in [1.54, 1.807) is 34.3 Å². The molecule has 3 heterocycles. The van der Waals surface area contributed by atoms with Gasteiger partial charge < -0.3 is 9.88 Å². The van der Waals surface area contributed by atoms with E-state index in [0.717, 1.165) is 23.4 Å². The zero-order valence-corrected chi connectivity index (χ0v) is 12.5. The minimum absolute atomic E-state index is 0.0470. The predicted molar refractivity (Wildman–Crippen MR) is 83.9 cm³/mol. The molecule has 1 saturated carbocycles. The van der Waals surface area contributed by atoms with E-state index in [4.69, 9.17) is 0 Å². The van der Waals surface area contributed by atoms with Gasteiger partial charge in [0, 0.05) is 18.4 Å². The van der Waals surface area contributed by atoms with Crippen LogP contribution in [0.1, 0.15) is 12.8 Å². The van der Waals surface area contributed by atoms with Crippen LogP contribution in [0.2, 0.25) is 0 Å². The van der Waals surface area contributed by atoms with Crippen molar-refractivity contribution in [1.82, 2.24) is 19.5 Å². The highest BCUT2D eigenvalue weighted by atomic mass is 32.1. The summed E-state index contributed by atoms with van der Waals surface area (Å²) in [5.41, 5.74) is 1.04. The zero-order chi connectivity index (χ0) is 15.1.